The Hall–Kier alpha value is -0.570. The normalized spacial score (nSPS) is 22.3. The van der Waals surface area contributed by atoms with Gasteiger partial charge in [0.05, 0.1) is 6.04 Å². The summed E-state index contributed by atoms with van der Waals surface area (Å²) in [5.41, 5.74) is 0. The third kappa shape index (κ3) is 4.60. The smallest absolute Gasteiger partial charge is 0.239 e. The lowest BCUT2D eigenvalue weighted by Gasteiger charge is -2.32. The maximum atomic E-state index is 12.6. The zero-order valence-corrected chi connectivity index (χ0v) is 12.4. The van der Waals surface area contributed by atoms with E-state index in [0.717, 1.165) is 38.8 Å². The van der Waals surface area contributed by atoms with Crippen LogP contribution in [0, 0.1) is 0 Å². The molecule has 1 heterocycles. The number of hydrogen-bond donors (Lipinski definition) is 1. The Balaban J connectivity index is 2.60. The number of carbonyl (C=O) groups excluding carboxylic acids is 1. The van der Waals surface area contributed by atoms with Crippen LogP contribution in [0.25, 0.3) is 0 Å². The standard InChI is InChI=1S/C15H30N2O/c1-4-6-12-17(13(3)5-2)15(18)14-10-8-7-9-11-16-14/h13-14,16H,4-12H2,1-3H3. The fourth-order valence-electron chi connectivity index (χ4n) is 2.54. The predicted molar refractivity (Wildman–Crippen MR) is 76.6 cm³/mol. The minimum Gasteiger partial charge on any atom is -0.339 e. The topological polar surface area (TPSA) is 32.3 Å². The SMILES string of the molecule is CCCCN(C(=O)C1CCCCCN1)C(C)CC. The maximum absolute atomic E-state index is 12.6. The molecule has 1 amide bonds. The summed E-state index contributed by atoms with van der Waals surface area (Å²) in [7, 11) is 0. The molecule has 1 fully saturated rings. The van der Waals surface area contributed by atoms with Gasteiger partial charge in [0.2, 0.25) is 5.91 Å². The summed E-state index contributed by atoms with van der Waals surface area (Å²) in [4.78, 5) is 14.7. The molecule has 1 saturated heterocycles. The van der Waals surface area contributed by atoms with Gasteiger partial charge in [0.15, 0.2) is 0 Å². The fourth-order valence-corrected chi connectivity index (χ4v) is 2.54. The van der Waals surface area contributed by atoms with Crippen molar-refractivity contribution in [3.05, 3.63) is 0 Å². The van der Waals surface area contributed by atoms with E-state index in [1.54, 1.807) is 0 Å². The summed E-state index contributed by atoms with van der Waals surface area (Å²) >= 11 is 0. The van der Waals surface area contributed by atoms with Gasteiger partial charge in [-0.15, -0.1) is 0 Å². The van der Waals surface area contributed by atoms with E-state index in [1.165, 1.54) is 19.3 Å². The van der Waals surface area contributed by atoms with Crippen molar-refractivity contribution in [1.82, 2.24) is 10.2 Å². The second-order valence-electron chi connectivity index (χ2n) is 5.50. The van der Waals surface area contributed by atoms with Crippen LogP contribution in [0.1, 0.15) is 65.7 Å². The van der Waals surface area contributed by atoms with Crippen molar-refractivity contribution in [2.75, 3.05) is 13.1 Å². The first-order valence-electron chi connectivity index (χ1n) is 7.74. The fraction of sp³-hybridized carbons (Fsp3) is 0.933. The quantitative estimate of drug-likeness (QED) is 0.790. The molecular weight excluding hydrogens is 224 g/mol. The van der Waals surface area contributed by atoms with E-state index in [1.807, 2.05) is 0 Å². The molecule has 0 spiro atoms. The minimum atomic E-state index is 0.0679. The highest BCUT2D eigenvalue weighted by Crippen LogP contribution is 2.14. The number of unbranched alkanes of at least 4 members (excludes halogenated alkanes) is 1. The van der Waals surface area contributed by atoms with Crippen LogP contribution in [-0.2, 0) is 4.79 Å². The molecule has 0 aromatic heterocycles. The van der Waals surface area contributed by atoms with Gasteiger partial charge < -0.3 is 10.2 Å². The first-order chi connectivity index (χ1) is 8.70. The van der Waals surface area contributed by atoms with Crippen LogP contribution in [0.5, 0.6) is 0 Å². The number of amides is 1. The van der Waals surface area contributed by atoms with Gasteiger partial charge in [0.1, 0.15) is 0 Å². The molecule has 1 aliphatic heterocycles. The lowest BCUT2D eigenvalue weighted by atomic mass is 10.1. The minimum absolute atomic E-state index is 0.0679. The summed E-state index contributed by atoms with van der Waals surface area (Å²) in [6, 6.07) is 0.437. The van der Waals surface area contributed by atoms with Gasteiger partial charge in [0.25, 0.3) is 0 Å². The zero-order valence-electron chi connectivity index (χ0n) is 12.4. The van der Waals surface area contributed by atoms with E-state index >= 15 is 0 Å². The van der Waals surface area contributed by atoms with Crippen molar-refractivity contribution < 1.29 is 4.79 Å². The van der Waals surface area contributed by atoms with Gasteiger partial charge in [-0.25, -0.2) is 0 Å². The largest absolute Gasteiger partial charge is 0.339 e. The maximum Gasteiger partial charge on any atom is 0.239 e. The summed E-state index contributed by atoms with van der Waals surface area (Å²) in [5, 5.41) is 3.43. The van der Waals surface area contributed by atoms with Gasteiger partial charge in [0, 0.05) is 12.6 Å². The molecule has 1 N–H and O–H groups in total. The Morgan fingerprint density at radius 1 is 1.33 bits per heavy atom. The summed E-state index contributed by atoms with van der Waals surface area (Å²) in [5.74, 6) is 0.333. The molecule has 3 nitrogen and oxygen atoms in total. The lowest BCUT2D eigenvalue weighted by Crippen LogP contribution is -2.49. The molecule has 2 unspecified atom stereocenters. The Morgan fingerprint density at radius 3 is 2.78 bits per heavy atom. The average molecular weight is 254 g/mol. The summed E-state index contributed by atoms with van der Waals surface area (Å²) in [6.07, 6.45) is 7.98. The number of carbonyl (C=O) groups is 1. The second kappa shape index (κ2) is 8.52. The van der Waals surface area contributed by atoms with Crippen molar-refractivity contribution in [3.8, 4) is 0 Å². The molecule has 0 radical (unpaired) electrons. The second-order valence-corrected chi connectivity index (χ2v) is 5.50. The van der Waals surface area contributed by atoms with Crippen molar-refractivity contribution in [2.45, 2.75) is 77.8 Å². The predicted octanol–water partition coefficient (Wildman–Crippen LogP) is 2.95. The van der Waals surface area contributed by atoms with E-state index in [-0.39, 0.29) is 6.04 Å². The van der Waals surface area contributed by atoms with Gasteiger partial charge in [-0.2, -0.15) is 0 Å². The molecule has 18 heavy (non-hydrogen) atoms. The number of nitrogens with zero attached hydrogens (tertiary/aromatic N) is 1. The molecule has 0 aliphatic carbocycles. The summed E-state index contributed by atoms with van der Waals surface area (Å²) in [6.45, 7) is 8.44. The average Bonchev–Trinajstić information content (AvgIpc) is 2.67. The highest BCUT2D eigenvalue weighted by molar-refractivity contribution is 5.82. The van der Waals surface area contributed by atoms with E-state index in [4.69, 9.17) is 0 Å². The van der Waals surface area contributed by atoms with E-state index in [0.29, 0.717) is 11.9 Å². The van der Waals surface area contributed by atoms with Crippen LogP contribution in [0.15, 0.2) is 0 Å². The molecule has 0 aromatic carbocycles. The number of hydrogen-bond acceptors (Lipinski definition) is 2. The lowest BCUT2D eigenvalue weighted by molar-refractivity contribution is -0.135. The zero-order chi connectivity index (χ0) is 13.4. The molecule has 0 aromatic rings. The first kappa shape index (κ1) is 15.5. The van der Waals surface area contributed by atoms with Gasteiger partial charge in [-0.3, -0.25) is 4.79 Å². The van der Waals surface area contributed by atoms with Gasteiger partial charge in [-0.05, 0) is 39.2 Å². The first-order valence-corrected chi connectivity index (χ1v) is 7.74. The number of nitrogens with one attached hydrogen (secondary N) is 1. The molecule has 1 aliphatic rings. The third-order valence-corrected chi connectivity index (χ3v) is 4.02. The van der Waals surface area contributed by atoms with E-state index in [2.05, 4.69) is 31.0 Å². The van der Waals surface area contributed by atoms with Gasteiger partial charge >= 0.3 is 0 Å². The molecular formula is C15H30N2O. The molecule has 1 rings (SSSR count). The van der Waals surface area contributed by atoms with Crippen molar-refractivity contribution >= 4 is 5.91 Å². The number of rotatable bonds is 6. The van der Waals surface area contributed by atoms with Crippen LogP contribution in [0.2, 0.25) is 0 Å². The van der Waals surface area contributed by atoms with E-state index < -0.39 is 0 Å². The molecule has 0 saturated carbocycles. The van der Waals surface area contributed by atoms with E-state index in [9.17, 15) is 4.79 Å². The molecule has 3 heteroatoms. The van der Waals surface area contributed by atoms with Crippen molar-refractivity contribution in [3.63, 3.8) is 0 Å². The van der Waals surface area contributed by atoms with Crippen LogP contribution in [0.3, 0.4) is 0 Å². The highest BCUT2D eigenvalue weighted by atomic mass is 16.2. The monoisotopic (exact) mass is 254 g/mol. The van der Waals surface area contributed by atoms with Crippen LogP contribution >= 0.6 is 0 Å². The Morgan fingerprint density at radius 2 is 2.11 bits per heavy atom. The third-order valence-electron chi connectivity index (χ3n) is 4.02. The summed E-state index contributed by atoms with van der Waals surface area (Å²) < 4.78 is 0. The highest BCUT2D eigenvalue weighted by Gasteiger charge is 2.26. The van der Waals surface area contributed by atoms with Crippen LogP contribution in [0.4, 0.5) is 0 Å². The van der Waals surface area contributed by atoms with Crippen LogP contribution in [-0.4, -0.2) is 36.0 Å². The Labute approximate surface area is 112 Å². The van der Waals surface area contributed by atoms with Crippen molar-refractivity contribution in [2.24, 2.45) is 0 Å². The van der Waals surface area contributed by atoms with Gasteiger partial charge in [-0.1, -0.05) is 33.1 Å². The molecule has 106 valence electrons. The Bertz CT molecular complexity index is 235. The Kier molecular flexibility index (Phi) is 7.33. The molecule has 2 atom stereocenters. The van der Waals surface area contributed by atoms with Crippen LogP contribution < -0.4 is 5.32 Å². The van der Waals surface area contributed by atoms with Crippen molar-refractivity contribution in [1.29, 1.82) is 0 Å². The molecule has 0 bridgehead atoms.